The zero-order valence-electron chi connectivity index (χ0n) is 28.2. The maximum Gasteiger partial charge on any atom is 0.311 e. The summed E-state index contributed by atoms with van der Waals surface area (Å²) >= 11 is 0. The number of esters is 1. The summed E-state index contributed by atoms with van der Waals surface area (Å²) in [6.07, 6.45) is 5.20. The molecule has 1 heterocycles. The van der Waals surface area contributed by atoms with Gasteiger partial charge in [-0.1, -0.05) is 47.1 Å². The van der Waals surface area contributed by atoms with Gasteiger partial charge in [0.1, 0.15) is 18.3 Å². The molecule has 0 bridgehead atoms. The van der Waals surface area contributed by atoms with Gasteiger partial charge in [-0.3, -0.25) is 9.59 Å². The predicted octanol–water partition coefficient (Wildman–Crippen LogP) is 4.96. The molecule has 4 saturated carbocycles. The summed E-state index contributed by atoms with van der Waals surface area (Å²) in [6, 6.07) is 0. The minimum absolute atomic E-state index is 0.0796. The Morgan fingerprint density at radius 1 is 0.909 bits per heavy atom. The summed E-state index contributed by atoms with van der Waals surface area (Å²) in [4.78, 5) is 27.6. The van der Waals surface area contributed by atoms with E-state index in [-0.39, 0.29) is 69.3 Å². The lowest BCUT2D eigenvalue weighted by atomic mass is 9.33. The molecule has 1 saturated heterocycles. The fourth-order valence-corrected chi connectivity index (χ4v) is 11.9. The van der Waals surface area contributed by atoms with E-state index in [0.29, 0.717) is 0 Å². The first kappa shape index (κ1) is 32.6. The predicted molar refractivity (Wildman–Crippen MR) is 164 cm³/mol. The maximum atomic E-state index is 14.6. The highest BCUT2D eigenvalue weighted by molar-refractivity contribution is 5.95. The van der Waals surface area contributed by atoms with E-state index in [1.165, 1.54) is 12.7 Å². The zero-order valence-corrected chi connectivity index (χ0v) is 28.2. The van der Waals surface area contributed by atoms with Crippen LogP contribution in [0.15, 0.2) is 11.6 Å². The minimum Gasteiger partial charge on any atom is -0.469 e. The molecule has 1 aliphatic heterocycles. The van der Waals surface area contributed by atoms with Gasteiger partial charge in [0.05, 0.1) is 25.2 Å². The molecule has 248 valence electrons. The average Bonchev–Trinajstić information content (AvgIpc) is 2.96. The number of carbonyl (C=O) groups is 2. The largest absolute Gasteiger partial charge is 0.469 e. The van der Waals surface area contributed by atoms with Gasteiger partial charge < -0.3 is 29.5 Å². The first-order chi connectivity index (χ1) is 20.4. The van der Waals surface area contributed by atoms with Crippen LogP contribution in [-0.2, 0) is 23.8 Å². The lowest BCUT2D eigenvalue weighted by molar-refractivity contribution is -0.307. The SMILES string of the molecule is COC(=O)[C@@]1(C)CC[C@]2(C)CC[C@]3(C)C(=CC(=O)[C@@H]4[C@@]5(C)CC[C@H](O[C@@H]6OC[C@@H](O)[C@H](O)[C@H]6O)C(C)(C)[C@@H]5CC[C@]43C)[C@@H]2C1. The molecule has 6 rings (SSSR count). The molecular weight excluding hydrogens is 560 g/mol. The Hall–Kier alpha value is -1.32. The summed E-state index contributed by atoms with van der Waals surface area (Å²) in [6.45, 7) is 15.9. The topological polar surface area (TPSA) is 123 Å². The van der Waals surface area contributed by atoms with E-state index in [9.17, 15) is 24.9 Å². The van der Waals surface area contributed by atoms with E-state index in [1.807, 2.05) is 6.08 Å². The molecule has 8 nitrogen and oxygen atoms in total. The Morgan fingerprint density at radius 2 is 1.59 bits per heavy atom. The van der Waals surface area contributed by atoms with Crippen LogP contribution >= 0.6 is 0 Å². The minimum atomic E-state index is -1.32. The number of rotatable bonds is 3. The van der Waals surface area contributed by atoms with E-state index in [1.54, 1.807) is 0 Å². The second-order valence-electron chi connectivity index (χ2n) is 17.5. The van der Waals surface area contributed by atoms with Crippen molar-refractivity contribution in [2.45, 2.75) is 137 Å². The van der Waals surface area contributed by atoms with E-state index in [4.69, 9.17) is 14.2 Å². The molecular formula is C36H56O8. The van der Waals surface area contributed by atoms with Crippen LogP contribution in [0.25, 0.3) is 0 Å². The molecule has 44 heavy (non-hydrogen) atoms. The molecule has 0 radical (unpaired) electrons. The Bertz CT molecular complexity index is 1230. The summed E-state index contributed by atoms with van der Waals surface area (Å²) in [5.74, 6) is 0.403. The molecule has 6 aliphatic rings. The molecule has 5 fully saturated rings. The van der Waals surface area contributed by atoms with Gasteiger partial charge in [-0.25, -0.2) is 0 Å². The van der Waals surface area contributed by atoms with Crippen LogP contribution in [-0.4, -0.2) is 71.5 Å². The Kier molecular flexibility index (Phi) is 7.66. The molecule has 8 heteroatoms. The summed E-state index contributed by atoms with van der Waals surface area (Å²) in [5.41, 5.74) is -0.0363. The molecule has 13 atom stereocenters. The third kappa shape index (κ3) is 4.33. The van der Waals surface area contributed by atoms with E-state index < -0.39 is 30.0 Å². The number of carbonyl (C=O) groups excluding carboxylic acids is 2. The van der Waals surface area contributed by atoms with Crippen molar-refractivity contribution in [2.75, 3.05) is 13.7 Å². The Balaban J connectivity index is 1.32. The van der Waals surface area contributed by atoms with Gasteiger partial charge in [-0.15, -0.1) is 0 Å². The van der Waals surface area contributed by atoms with Crippen LogP contribution in [0.3, 0.4) is 0 Å². The molecule has 0 aromatic rings. The first-order valence-electron chi connectivity index (χ1n) is 17.0. The van der Waals surface area contributed by atoms with Crippen molar-refractivity contribution in [2.24, 2.45) is 50.2 Å². The number of fused-ring (bicyclic) bond motifs is 7. The van der Waals surface area contributed by atoms with Crippen LogP contribution in [0.4, 0.5) is 0 Å². The number of hydrogen-bond donors (Lipinski definition) is 3. The normalized spacial score (nSPS) is 53.3. The number of ether oxygens (including phenoxy) is 3. The summed E-state index contributed by atoms with van der Waals surface area (Å²) in [5, 5.41) is 30.8. The smallest absolute Gasteiger partial charge is 0.311 e. The molecule has 3 N–H and O–H groups in total. The third-order valence-electron chi connectivity index (χ3n) is 14.9. The van der Waals surface area contributed by atoms with E-state index >= 15 is 0 Å². The molecule has 0 amide bonds. The van der Waals surface area contributed by atoms with Crippen LogP contribution in [0.2, 0.25) is 0 Å². The van der Waals surface area contributed by atoms with Gasteiger partial charge in [-0.05, 0) is 110 Å². The lowest BCUT2D eigenvalue weighted by Crippen LogP contribution is -2.67. The summed E-state index contributed by atoms with van der Waals surface area (Å²) in [7, 11) is 1.49. The second-order valence-corrected chi connectivity index (χ2v) is 17.5. The van der Waals surface area contributed by atoms with Crippen molar-refractivity contribution < 1.29 is 39.1 Å². The van der Waals surface area contributed by atoms with Gasteiger partial charge in [0.15, 0.2) is 12.1 Å². The third-order valence-corrected chi connectivity index (χ3v) is 14.9. The van der Waals surface area contributed by atoms with Crippen molar-refractivity contribution in [1.29, 1.82) is 0 Å². The van der Waals surface area contributed by atoms with Gasteiger partial charge >= 0.3 is 5.97 Å². The maximum absolute atomic E-state index is 14.6. The fourth-order valence-electron chi connectivity index (χ4n) is 11.9. The highest BCUT2D eigenvalue weighted by Gasteiger charge is 2.70. The highest BCUT2D eigenvalue weighted by Crippen LogP contribution is 2.75. The van der Waals surface area contributed by atoms with E-state index in [2.05, 4.69) is 48.5 Å². The first-order valence-corrected chi connectivity index (χ1v) is 17.0. The van der Waals surface area contributed by atoms with E-state index in [0.717, 1.165) is 57.8 Å². The molecule has 5 aliphatic carbocycles. The monoisotopic (exact) mass is 616 g/mol. The van der Waals surface area contributed by atoms with Crippen LogP contribution in [0.5, 0.6) is 0 Å². The van der Waals surface area contributed by atoms with Crippen molar-refractivity contribution in [3.8, 4) is 0 Å². The van der Waals surface area contributed by atoms with Crippen molar-refractivity contribution in [1.82, 2.24) is 0 Å². The van der Waals surface area contributed by atoms with Crippen molar-refractivity contribution >= 4 is 11.8 Å². The Morgan fingerprint density at radius 3 is 2.27 bits per heavy atom. The fraction of sp³-hybridized carbons (Fsp3) is 0.889. The number of ketones is 1. The van der Waals surface area contributed by atoms with Crippen LogP contribution < -0.4 is 0 Å². The van der Waals surface area contributed by atoms with Crippen LogP contribution in [0.1, 0.15) is 106 Å². The van der Waals surface area contributed by atoms with Crippen molar-refractivity contribution in [3.05, 3.63) is 11.6 Å². The van der Waals surface area contributed by atoms with Gasteiger partial charge in [0.2, 0.25) is 0 Å². The standard InChI is InChI=1S/C36H56O8/c1-31(2)24-9-12-36(7)28(34(24,5)11-10-25(31)44-29-27(40)26(39)23(38)19-43-29)22(37)17-20-21-18-33(4,30(41)42-8)14-13-32(21,3)15-16-35(20,36)6/h17,21,23-29,38-40H,9-16,18-19H2,1-8H3/t21-,23+,24-,25-,26-,27+,28+,29-,32+,33-,34-,35+,36+/m0/s1. The quantitative estimate of drug-likeness (QED) is 0.300. The number of aliphatic hydroxyl groups excluding tert-OH is 3. The lowest BCUT2D eigenvalue weighted by Gasteiger charge is -2.70. The molecule has 0 spiro atoms. The Labute approximate surface area is 263 Å². The van der Waals surface area contributed by atoms with Crippen LogP contribution in [0, 0.1) is 50.2 Å². The molecule has 0 aromatic heterocycles. The highest BCUT2D eigenvalue weighted by atomic mass is 16.7. The van der Waals surface area contributed by atoms with Gasteiger partial charge in [-0.2, -0.15) is 0 Å². The number of methoxy groups -OCH3 is 1. The zero-order chi connectivity index (χ0) is 32.3. The second kappa shape index (κ2) is 10.3. The summed E-state index contributed by atoms with van der Waals surface area (Å²) < 4.78 is 17.3. The molecule has 0 unspecified atom stereocenters. The van der Waals surface area contributed by atoms with Gasteiger partial charge in [0, 0.05) is 5.92 Å². The number of allylic oxidation sites excluding steroid dienone is 2. The number of aliphatic hydroxyl groups is 3. The van der Waals surface area contributed by atoms with Crippen molar-refractivity contribution in [3.63, 3.8) is 0 Å². The molecule has 0 aromatic carbocycles. The number of hydrogen-bond acceptors (Lipinski definition) is 8. The average molecular weight is 617 g/mol. The van der Waals surface area contributed by atoms with Gasteiger partial charge in [0.25, 0.3) is 0 Å².